The number of hydrogen-bond acceptors (Lipinski definition) is 3. The molecule has 84 valence electrons. The highest BCUT2D eigenvalue weighted by atomic mass is 15.1. The number of H-pyrrole nitrogens is 1. The summed E-state index contributed by atoms with van der Waals surface area (Å²) in [5, 5.41) is 0. The van der Waals surface area contributed by atoms with Gasteiger partial charge in [-0.25, -0.2) is 4.98 Å². The topological polar surface area (TPSA) is 44.8 Å². The summed E-state index contributed by atoms with van der Waals surface area (Å²) < 4.78 is 0. The lowest BCUT2D eigenvalue weighted by molar-refractivity contribution is 0.229. The minimum Gasteiger partial charge on any atom is -0.340 e. The van der Waals surface area contributed by atoms with E-state index < -0.39 is 0 Å². The van der Waals surface area contributed by atoms with Crippen molar-refractivity contribution in [2.24, 2.45) is 0 Å². The van der Waals surface area contributed by atoms with Gasteiger partial charge in [0.1, 0.15) is 5.52 Å². The van der Waals surface area contributed by atoms with E-state index in [0.29, 0.717) is 6.04 Å². The Morgan fingerprint density at radius 2 is 2.31 bits per heavy atom. The molecule has 3 rings (SSSR count). The van der Waals surface area contributed by atoms with Crippen LogP contribution < -0.4 is 0 Å². The average Bonchev–Trinajstić information content (AvgIpc) is 2.55. The molecule has 0 bridgehead atoms. The second-order valence-corrected chi connectivity index (χ2v) is 4.76. The molecule has 4 heteroatoms. The smallest absolute Gasteiger partial charge is 0.156 e. The zero-order valence-corrected chi connectivity index (χ0v) is 9.91. The molecule has 0 radical (unpaired) electrons. The molecular formula is C12H16N4. The number of nitrogens with one attached hydrogen (secondary N) is 1. The Bertz CT molecular complexity index is 543. The third-order valence-electron chi connectivity index (χ3n) is 3.47. The number of aryl methyl sites for hydroxylation is 1. The van der Waals surface area contributed by atoms with Gasteiger partial charge in [0.05, 0.1) is 5.69 Å². The molecule has 3 heterocycles. The van der Waals surface area contributed by atoms with Crippen LogP contribution in [0.1, 0.15) is 23.9 Å². The molecule has 2 aromatic rings. The van der Waals surface area contributed by atoms with Crippen molar-refractivity contribution in [3.05, 3.63) is 23.1 Å². The summed E-state index contributed by atoms with van der Waals surface area (Å²) in [6.45, 7) is 5.19. The highest BCUT2D eigenvalue weighted by Gasteiger charge is 2.24. The lowest BCUT2D eigenvalue weighted by Crippen LogP contribution is -2.34. The maximum absolute atomic E-state index is 4.50. The summed E-state index contributed by atoms with van der Waals surface area (Å²) in [5.74, 6) is 0. The van der Waals surface area contributed by atoms with Crippen molar-refractivity contribution in [1.29, 1.82) is 0 Å². The van der Waals surface area contributed by atoms with Crippen molar-refractivity contribution in [3.63, 3.8) is 0 Å². The van der Waals surface area contributed by atoms with E-state index in [4.69, 9.17) is 0 Å². The van der Waals surface area contributed by atoms with E-state index in [9.17, 15) is 0 Å². The molecule has 0 unspecified atom stereocenters. The largest absolute Gasteiger partial charge is 0.340 e. The quantitative estimate of drug-likeness (QED) is 0.728. The summed E-state index contributed by atoms with van der Waals surface area (Å²) in [4.78, 5) is 14.7. The van der Waals surface area contributed by atoms with Crippen molar-refractivity contribution in [2.75, 3.05) is 7.05 Å². The molecule has 1 atom stereocenters. The summed E-state index contributed by atoms with van der Waals surface area (Å²) >= 11 is 0. The van der Waals surface area contributed by atoms with Gasteiger partial charge in [0.25, 0.3) is 0 Å². The first-order chi connectivity index (χ1) is 7.65. The highest BCUT2D eigenvalue weighted by Crippen LogP contribution is 2.27. The standard InChI is InChI=1S/C12H16N4/c1-7-5-13-11-9-4-8(2)16(3)6-10(9)15-12(11)14-7/h5,8H,4,6H2,1-3H3,(H,14,15)/t8-/m0/s1. The number of aromatic nitrogens is 3. The Morgan fingerprint density at radius 1 is 1.50 bits per heavy atom. The van der Waals surface area contributed by atoms with Gasteiger partial charge in [-0.05, 0) is 27.3 Å². The number of aromatic amines is 1. The van der Waals surface area contributed by atoms with Gasteiger partial charge >= 0.3 is 0 Å². The van der Waals surface area contributed by atoms with Gasteiger partial charge in [-0.1, -0.05) is 0 Å². The molecule has 0 saturated heterocycles. The van der Waals surface area contributed by atoms with Crippen LogP contribution in [0.5, 0.6) is 0 Å². The Hall–Kier alpha value is -1.42. The van der Waals surface area contributed by atoms with Crippen LogP contribution in [0.4, 0.5) is 0 Å². The molecular weight excluding hydrogens is 200 g/mol. The fourth-order valence-corrected chi connectivity index (χ4v) is 2.36. The van der Waals surface area contributed by atoms with Crippen LogP contribution in [0, 0.1) is 6.92 Å². The van der Waals surface area contributed by atoms with Gasteiger partial charge in [-0.2, -0.15) is 0 Å². The van der Waals surface area contributed by atoms with Crippen LogP contribution in [-0.4, -0.2) is 32.9 Å². The van der Waals surface area contributed by atoms with Gasteiger partial charge < -0.3 is 4.98 Å². The Balaban J connectivity index is 2.20. The van der Waals surface area contributed by atoms with Crippen molar-refractivity contribution in [2.45, 2.75) is 32.9 Å². The Kier molecular flexibility index (Phi) is 2.01. The number of likely N-dealkylation sites (N-methyl/N-ethyl adjacent to an activating group) is 1. The predicted molar refractivity (Wildman–Crippen MR) is 63.3 cm³/mol. The molecule has 0 aromatic carbocycles. The SMILES string of the molecule is Cc1cnc2c3c([nH]c2n1)CN(C)[C@@H](C)C3. The minimum absolute atomic E-state index is 0.578. The number of fused-ring (bicyclic) bond motifs is 3. The van der Waals surface area contributed by atoms with Gasteiger partial charge in [0.15, 0.2) is 5.65 Å². The van der Waals surface area contributed by atoms with Gasteiger partial charge in [-0.15, -0.1) is 0 Å². The molecule has 1 aliphatic rings. The third kappa shape index (κ3) is 1.33. The fraction of sp³-hybridized carbons (Fsp3) is 0.500. The van der Waals surface area contributed by atoms with Gasteiger partial charge in [-0.3, -0.25) is 9.88 Å². The van der Waals surface area contributed by atoms with Crippen LogP contribution in [0.3, 0.4) is 0 Å². The lowest BCUT2D eigenvalue weighted by Gasteiger charge is -2.29. The molecule has 0 spiro atoms. The van der Waals surface area contributed by atoms with Crippen molar-refractivity contribution < 1.29 is 0 Å². The molecule has 0 saturated carbocycles. The van der Waals surface area contributed by atoms with Crippen LogP contribution in [0.25, 0.3) is 11.2 Å². The first-order valence-corrected chi connectivity index (χ1v) is 5.68. The summed E-state index contributed by atoms with van der Waals surface area (Å²) in [6.07, 6.45) is 2.91. The zero-order chi connectivity index (χ0) is 11.3. The minimum atomic E-state index is 0.578. The van der Waals surface area contributed by atoms with E-state index in [2.05, 4.69) is 33.8 Å². The molecule has 1 N–H and O–H groups in total. The van der Waals surface area contributed by atoms with Crippen LogP contribution in [0.2, 0.25) is 0 Å². The molecule has 16 heavy (non-hydrogen) atoms. The predicted octanol–water partition coefficient (Wildman–Crippen LogP) is 1.64. The van der Waals surface area contributed by atoms with E-state index in [-0.39, 0.29) is 0 Å². The van der Waals surface area contributed by atoms with Crippen LogP contribution >= 0.6 is 0 Å². The number of rotatable bonds is 0. The monoisotopic (exact) mass is 216 g/mol. The second-order valence-electron chi connectivity index (χ2n) is 4.76. The first-order valence-electron chi connectivity index (χ1n) is 5.68. The maximum Gasteiger partial charge on any atom is 0.156 e. The van der Waals surface area contributed by atoms with Crippen molar-refractivity contribution in [1.82, 2.24) is 19.9 Å². The summed E-state index contributed by atoms with van der Waals surface area (Å²) in [5.41, 5.74) is 5.59. The van der Waals surface area contributed by atoms with Crippen LogP contribution in [-0.2, 0) is 13.0 Å². The molecule has 1 aliphatic heterocycles. The highest BCUT2D eigenvalue weighted by molar-refractivity contribution is 5.77. The Labute approximate surface area is 94.7 Å². The van der Waals surface area contributed by atoms with Crippen molar-refractivity contribution in [3.8, 4) is 0 Å². The molecule has 0 aliphatic carbocycles. The Morgan fingerprint density at radius 3 is 3.12 bits per heavy atom. The summed E-state index contributed by atoms with van der Waals surface area (Å²) in [7, 11) is 2.16. The van der Waals surface area contributed by atoms with Crippen LogP contribution in [0.15, 0.2) is 6.20 Å². The molecule has 4 nitrogen and oxygen atoms in total. The lowest BCUT2D eigenvalue weighted by atomic mass is 10.0. The van der Waals surface area contributed by atoms with E-state index in [1.807, 2.05) is 13.1 Å². The molecule has 2 aromatic heterocycles. The first kappa shape index (κ1) is 9.78. The van der Waals surface area contributed by atoms with E-state index in [1.165, 1.54) is 11.3 Å². The normalized spacial score (nSPS) is 21.3. The van der Waals surface area contributed by atoms with Gasteiger partial charge in [0, 0.05) is 30.0 Å². The molecule has 0 fully saturated rings. The number of hydrogen-bond donors (Lipinski definition) is 1. The second kappa shape index (κ2) is 3.28. The fourth-order valence-electron chi connectivity index (χ4n) is 2.36. The maximum atomic E-state index is 4.50. The molecule has 0 amide bonds. The van der Waals surface area contributed by atoms with E-state index in [1.54, 1.807) is 0 Å². The summed E-state index contributed by atoms with van der Waals surface area (Å²) in [6, 6.07) is 0.578. The van der Waals surface area contributed by atoms with E-state index >= 15 is 0 Å². The zero-order valence-electron chi connectivity index (χ0n) is 9.91. The average molecular weight is 216 g/mol. The van der Waals surface area contributed by atoms with Gasteiger partial charge in [0.2, 0.25) is 0 Å². The third-order valence-corrected chi connectivity index (χ3v) is 3.47. The van der Waals surface area contributed by atoms with E-state index in [0.717, 1.165) is 29.8 Å². The van der Waals surface area contributed by atoms with Crippen molar-refractivity contribution >= 4 is 11.2 Å². The number of nitrogens with zero attached hydrogens (tertiary/aromatic N) is 3.